The summed E-state index contributed by atoms with van der Waals surface area (Å²) in [7, 11) is 0. The maximum absolute atomic E-state index is 9.64. The van der Waals surface area contributed by atoms with Gasteiger partial charge in [0.1, 0.15) is 0 Å². The summed E-state index contributed by atoms with van der Waals surface area (Å²) in [5, 5.41) is 16.5. The number of piperidine rings is 1. The number of rotatable bonds is 8. The highest BCUT2D eigenvalue weighted by molar-refractivity contribution is 5.80. The lowest BCUT2D eigenvalue weighted by Crippen LogP contribution is -2.42. The molecule has 0 spiro atoms. The minimum absolute atomic E-state index is 0.109. The summed E-state index contributed by atoms with van der Waals surface area (Å²) < 4.78 is 0. The van der Waals surface area contributed by atoms with E-state index in [1.807, 2.05) is 0 Å². The van der Waals surface area contributed by atoms with Crippen LogP contribution in [0.5, 0.6) is 0 Å². The molecule has 2 rings (SSSR count). The number of hydrogen-bond acceptors (Lipinski definition) is 3. The van der Waals surface area contributed by atoms with E-state index < -0.39 is 0 Å². The molecule has 1 atom stereocenters. The van der Waals surface area contributed by atoms with E-state index in [2.05, 4.69) is 74.4 Å². The van der Waals surface area contributed by atoms with Crippen LogP contribution in [0, 0.1) is 5.41 Å². The van der Waals surface area contributed by atoms with Gasteiger partial charge in [-0.05, 0) is 56.1 Å². The molecule has 0 aliphatic carbocycles. The van der Waals surface area contributed by atoms with Crippen molar-refractivity contribution in [1.29, 1.82) is 0 Å². The van der Waals surface area contributed by atoms with Crippen LogP contribution >= 0.6 is 0 Å². The fraction of sp³-hybridized carbons (Fsp3) is 0.708. The first kappa shape index (κ1) is 23.7. The first-order chi connectivity index (χ1) is 13.7. The molecule has 164 valence electrons. The average molecular weight is 403 g/mol. The predicted molar refractivity (Wildman–Crippen MR) is 123 cm³/mol. The normalized spacial score (nSPS) is 17.9. The molecule has 0 radical (unpaired) electrons. The van der Waals surface area contributed by atoms with Crippen LogP contribution in [0.4, 0.5) is 0 Å². The third kappa shape index (κ3) is 9.64. The Hall–Kier alpha value is -1.59. The highest BCUT2D eigenvalue weighted by Crippen LogP contribution is 2.21. The van der Waals surface area contributed by atoms with Gasteiger partial charge in [-0.1, -0.05) is 45.0 Å². The number of nitrogens with one attached hydrogen (secondary N) is 2. The van der Waals surface area contributed by atoms with Crippen molar-refractivity contribution >= 4 is 5.96 Å². The van der Waals surface area contributed by atoms with Crippen molar-refractivity contribution in [3.8, 4) is 0 Å². The van der Waals surface area contributed by atoms with Crippen molar-refractivity contribution in [1.82, 2.24) is 15.5 Å². The first-order valence-corrected chi connectivity index (χ1v) is 11.3. The predicted octanol–water partition coefficient (Wildman–Crippen LogP) is 3.91. The Kier molecular flexibility index (Phi) is 9.44. The van der Waals surface area contributed by atoms with E-state index in [0.717, 1.165) is 51.4 Å². The molecule has 0 amide bonds. The van der Waals surface area contributed by atoms with Crippen LogP contribution in [0.2, 0.25) is 0 Å². The minimum Gasteiger partial charge on any atom is -0.393 e. The number of hydrogen-bond donors (Lipinski definition) is 3. The van der Waals surface area contributed by atoms with E-state index in [9.17, 15) is 5.11 Å². The highest BCUT2D eigenvalue weighted by Gasteiger charge is 2.17. The molecule has 5 nitrogen and oxygen atoms in total. The summed E-state index contributed by atoms with van der Waals surface area (Å²) in [6.07, 6.45) is 4.00. The van der Waals surface area contributed by atoms with Gasteiger partial charge >= 0.3 is 0 Å². The lowest BCUT2D eigenvalue weighted by Gasteiger charge is -2.29. The van der Waals surface area contributed by atoms with Crippen molar-refractivity contribution in [2.45, 2.75) is 85.5 Å². The summed E-state index contributed by atoms with van der Waals surface area (Å²) in [6.45, 7) is 15.7. The van der Waals surface area contributed by atoms with E-state index in [1.54, 1.807) is 0 Å². The van der Waals surface area contributed by atoms with Crippen LogP contribution in [-0.4, -0.2) is 47.7 Å². The van der Waals surface area contributed by atoms with Gasteiger partial charge in [-0.15, -0.1) is 0 Å². The van der Waals surface area contributed by atoms with Crippen LogP contribution in [-0.2, 0) is 13.1 Å². The molecule has 1 aromatic carbocycles. The van der Waals surface area contributed by atoms with Crippen LogP contribution in [0.15, 0.2) is 29.3 Å². The third-order valence-electron chi connectivity index (χ3n) is 5.46. The average Bonchev–Trinajstić information content (AvgIpc) is 2.67. The molecule has 29 heavy (non-hydrogen) atoms. The summed E-state index contributed by atoms with van der Waals surface area (Å²) in [5.74, 6) is 0.893. The molecular formula is C24H42N4O. The first-order valence-electron chi connectivity index (χ1n) is 11.3. The highest BCUT2D eigenvalue weighted by atomic mass is 16.3. The molecule has 0 bridgehead atoms. The fourth-order valence-electron chi connectivity index (χ4n) is 3.53. The number of aliphatic hydroxyl groups is 1. The summed E-state index contributed by atoms with van der Waals surface area (Å²) in [4.78, 5) is 7.20. The molecule has 0 aromatic heterocycles. The van der Waals surface area contributed by atoms with Crippen molar-refractivity contribution in [2.75, 3.05) is 19.6 Å². The maximum atomic E-state index is 9.64. The molecule has 0 saturated carbocycles. The van der Waals surface area contributed by atoms with E-state index >= 15 is 0 Å². The van der Waals surface area contributed by atoms with Gasteiger partial charge in [0.05, 0.1) is 12.6 Å². The van der Waals surface area contributed by atoms with E-state index in [4.69, 9.17) is 4.99 Å². The van der Waals surface area contributed by atoms with Gasteiger partial charge in [-0.25, -0.2) is 4.99 Å². The summed E-state index contributed by atoms with van der Waals surface area (Å²) in [6, 6.07) is 9.19. The van der Waals surface area contributed by atoms with Gasteiger partial charge in [-0.2, -0.15) is 0 Å². The number of aliphatic imine (C=N–C) groups is 1. The molecule has 3 N–H and O–H groups in total. The van der Waals surface area contributed by atoms with Gasteiger partial charge in [0.15, 0.2) is 5.96 Å². The number of likely N-dealkylation sites (tertiary alicyclic amines) is 1. The number of aliphatic hydroxyl groups excluding tert-OH is 1. The fourth-order valence-corrected chi connectivity index (χ4v) is 3.53. The van der Waals surface area contributed by atoms with Gasteiger partial charge in [-0.3, -0.25) is 4.90 Å². The van der Waals surface area contributed by atoms with Crippen molar-refractivity contribution in [3.05, 3.63) is 35.4 Å². The van der Waals surface area contributed by atoms with Gasteiger partial charge in [0, 0.05) is 32.2 Å². The molecule has 1 unspecified atom stereocenters. The minimum atomic E-state index is -0.109. The monoisotopic (exact) mass is 402 g/mol. The summed E-state index contributed by atoms with van der Waals surface area (Å²) >= 11 is 0. The molecule has 1 saturated heterocycles. The van der Waals surface area contributed by atoms with Crippen molar-refractivity contribution in [2.24, 2.45) is 10.4 Å². The maximum Gasteiger partial charge on any atom is 0.191 e. The van der Waals surface area contributed by atoms with Crippen LogP contribution in [0.3, 0.4) is 0 Å². The molecule has 1 aliphatic heterocycles. The summed E-state index contributed by atoms with van der Waals surface area (Å²) in [5.41, 5.74) is 2.92. The Balaban J connectivity index is 1.84. The Bertz CT molecular complexity index is 613. The topological polar surface area (TPSA) is 59.9 Å². The molecule has 1 aliphatic rings. The van der Waals surface area contributed by atoms with Crippen LogP contribution < -0.4 is 10.6 Å². The lowest BCUT2D eigenvalue weighted by molar-refractivity contribution is 0.0792. The number of guanidine groups is 1. The zero-order valence-electron chi connectivity index (χ0n) is 19.2. The van der Waals surface area contributed by atoms with Crippen molar-refractivity contribution < 1.29 is 5.11 Å². The smallest absolute Gasteiger partial charge is 0.191 e. The second kappa shape index (κ2) is 11.6. The molecule has 1 aromatic rings. The SMILES string of the molecule is CCNC(=NCc1ccc(CN2CCC(O)CC2)cc1)NC(C)CCC(C)(C)C. The van der Waals surface area contributed by atoms with E-state index in [0.29, 0.717) is 18.0 Å². The second-order valence-corrected chi connectivity index (χ2v) is 9.66. The zero-order valence-corrected chi connectivity index (χ0v) is 19.2. The quantitative estimate of drug-likeness (QED) is 0.456. The third-order valence-corrected chi connectivity index (χ3v) is 5.46. The van der Waals surface area contributed by atoms with Gasteiger partial charge in [0.25, 0.3) is 0 Å². The molecular weight excluding hydrogens is 360 g/mol. The molecule has 5 heteroatoms. The lowest BCUT2D eigenvalue weighted by atomic mass is 9.89. The second-order valence-electron chi connectivity index (χ2n) is 9.66. The number of nitrogens with zero attached hydrogens (tertiary/aromatic N) is 2. The zero-order chi connectivity index (χ0) is 21.3. The Morgan fingerprint density at radius 1 is 1.17 bits per heavy atom. The van der Waals surface area contributed by atoms with Crippen LogP contribution in [0.25, 0.3) is 0 Å². The van der Waals surface area contributed by atoms with E-state index in [1.165, 1.54) is 17.5 Å². The Morgan fingerprint density at radius 3 is 2.38 bits per heavy atom. The largest absolute Gasteiger partial charge is 0.393 e. The Labute approximate surface area is 178 Å². The standard InChI is InChI=1S/C24H42N4O/c1-6-25-23(27-19(2)11-14-24(3,4)5)26-17-20-7-9-21(10-8-20)18-28-15-12-22(29)13-16-28/h7-10,19,22,29H,6,11-18H2,1-5H3,(H2,25,26,27). The number of benzene rings is 1. The van der Waals surface area contributed by atoms with Crippen molar-refractivity contribution in [3.63, 3.8) is 0 Å². The Morgan fingerprint density at radius 2 is 1.79 bits per heavy atom. The van der Waals surface area contributed by atoms with Crippen LogP contribution in [0.1, 0.15) is 71.4 Å². The molecule has 1 fully saturated rings. The molecule has 1 heterocycles. The van der Waals surface area contributed by atoms with Gasteiger partial charge < -0.3 is 15.7 Å². The van der Waals surface area contributed by atoms with E-state index in [-0.39, 0.29) is 6.10 Å². The van der Waals surface area contributed by atoms with Gasteiger partial charge in [0.2, 0.25) is 0 Å².